The van der Waals surface area contributed by atoms with Crippen molar-refractivity contribution in [1.29, 1.82) is 0 Å². The number of methoxy groups -OCH3 is 1. The fourth-order valence-electron chi connectivity index (χ4n) is 2.78. The number of hydrogen-bond donors (Lipinski definition) is 2. The van der Waals surface area contributed by atoms with Crippen LogP contribution >= 0.6 is 0 Å². The van der Waals surface area contributed by atoms with E-state index in [0.29, 0.717) is 6.61 Å². The van der Waals surface area contributed by atoms with Gasteiger partial charge in [-0.1, -0.05) is 6.92 Å². The van der Waals surface area contributed by atoms with Crippen LogP contribution in [0.25, 0.3) is 0 Å². The van der Waals surface area contributed by atoms with Crippen LogP contribution in [0.15, 0.2) is 34.1 Å². The van der Waals surface area contributed by atoms with E-state index in [0.717, 1.165) is 19.4 Å². The molecule has 0 aromatic heterocycles. The zero-order chi connectivity index (χ0) is 17.8. The fourth-order valence-corrected chi connectivity index (χ4v) is 4.79. The molecule has 1 aliphatic rings. The molecule has 1 fully saturated rings. The monoisotopic (exact) mass is 376 g/mol. The minimum absolute atomic E-state index is 0.0252. The second-order valence-electron chi connectivity index (χ2n) is 5.94. The second-order valence-corrected chi connectivity index (χ2v) is 9.99. The van der Waals surface area contributed by atoms with Gasteiger partial charge in [0.15, 0.2) is 9.84 Å². The molecule has 1 atom stereocenters. The summed E-state index contributed by atoms with van der Waals surface area (Å²) in [5.74, 6) is -0.0252. The highest BCUT2D eigenvalue weighted by Crippen LogP contribution is 2.20. The molecule has 2 rings (SSSR count). The molecule has 0 spiro atoms. The normalized spacial score (nSPS) is 21.9. The Balaban J connectivity index is 2.13. The molecule has 1 aromatic carbocycles. The third-order valence-electron chi connectivity index (χ3n) is 4.23. The largest absolute Gasteiger partial charge is 0.383 e. The van der Waals surface area contributed by atoms with Crippen LogP contribution < -0.4 is 10.0 Å². The van der Waals surface area contributed by atoms with Gasteiger partial charge in [0.2, 0.25) is 10.0 Å². The minimum Gasteiger partial charge on any atom is -0.383 e. The van der Waals surface area contributed by atoms with E-state index in [1.165, 1.54) is 24.3 Å². The number of hydrogen-bond acceptors (Lipinski definition) is 6. The number of benzene rings is 1. The van der Waals surface area contributed by atoms with Crippen LogP contribution in [0.1, 0.15) is 19.8 Å². The molecule has 0 aliphatic carbocycles. The molecule has 0 radical (unpaired) electrons. The summed E-state index contributed by atoms with van der Waals surface area (Å²) in [6, 6.07) is 5.28. The SMILES string of the molecule is CCS(=O)(=O)c1ccc(S(=O)(=O)NCC2(COC)CCCN2)cc1. The Labute approximate surface area is 143 Å². The van der Waals surface area contributed by atoms with Gasteiger partial charge in [0.05, 0.1) is 27.7 Å². The summed E-state index contributed by atoms with van der Waals surface area (Å²) in [7, 11) is -5.47. The number of rotatable bonds is 8. The van der Waals surface area contributed by atoms with E-state index in [9.17, 15) is 16.8 Å². The zero-order valence-corrected chi connectivity index (χ0v) is 15.5. The molecule has 2 N–H and O–H groups in total. The number of sulfone groups is 1. The molecule has 0 saturated carbocycles. The lowest BCUT2D eigenvalue weighted by Gasteiger charge is -2.28. The molecular formula is C15H24N2O5S2. The molecular weight excluding hydrogens is 352 g/mol. The summed E-state index contributed by atoms with van der Waals surface area (Å²) in [5, 5.41) is 3.30. The molecule has 1 heterocycles. The molecule has 24 heavy (non-hydrogen) atoms. The topological polar surface area (TPSA) is 102 Å². The summed E-state index contributed by atoms with van der Waals surface area (Å²) in [6.07, 6.45) is 1.80. The Hall–Kier alpha value is -1.00. The highest BCUT2D eigenvalue weighted by atomic mass is 32.2. The first-order valence-electron chi connectivity index (χ1n) is 7.81. The minimum atomic E-state index is -3.71. The molecule has 1 unspecified atom stereocenters. The third kappa shape index (κ3) is 4.34. The van der Waals surface area contributed by atoms with Crippen molar-refractivity contribution in [2.24, 2.45) is 0 Å². The van der Waals surface area contributed by atoms with E-state index in [2.05, 4.69) is 10.0 Å². The van der Waals surface area contributed by atoms with Crippen molar-refractivity contribution in [2.75, 3.05) is 32.6 Å². The zero-order valence-electron chi connectivity index (χ0n) is 13.9. The van der Waals surface area contributed by atoms with Crippen molar-refractivity contribution in [3.63, 3.8) is 0 Å². The van der Waals surface area contributed by atoms with Gasteiger partial charge in [-0.3, -0.25) is 0 Å². The standard InChI is InChI=1S/C15H24N2O5S2/c1-3-23(18,19)13-5-7-14(8-6-13)24(20,21)17-11-15(12-22-2)9-4-10-16-15/h5-8,16-17H,3-4,9-12H2,1-2H3. The van der Waals surface area contributed by atoms with Crippen molar-refractivity contribution in [2.45, 2.75) is 35.1 Å². The van der Waals surface area contributed by atoms with Gasteiger partial charge in [-0.2, -0.15) is 0 Å². The highest BCUT2D eigenvalue weighted by Gasteiger charge is 2.34. The third-order valence-corrected chi connectivity index (χ3v) is 7.39. The number of ether oxygens (including phenoxy) is 1. The Morgan fingerprint density at radius 2 is 1.79 bits per heavy atom. The molecule has 0 amide bonds. The van der Waals surface area contributed by atoms with Gasteiger partial charge in [0.1, 0.15) is 0 Å². The van der Waals surface area contributed by atoms with E-state index in [-0.39, 0.29) is 22.1 Å². The summed E-state index contributed by atoms with van der Waals surface area (Å²) < 4.78 is 56.2. The lowest BCUT2D eigenvalue weighted by atomic mass is 9.99. The van der Waals surface area contributed by atoms with Crippen LogP contribution in [0.4, 0.5) is 0 Å². The predicted molar refractivity (Wildman–Crippen MR) is 91.2 cm³/mol. The fraction of sp³-hybridized carbons (Fsp3) is 0.600. The van der Waals surface area contributed by atoms with E-state index in [1.54, 1.807) is 14.0 Å². The van der Waals surface area contributed by atoms with Gasteiger partial charge in [0.25, 0.3) is 0 Å². The van der Waals surface area contributed by atoms with Gasteiger partial charge in [-0.05, 0) is 43.7 Å². The first-order chi connectivity index (χ1) is 11.2. The maximum atomic E-state index is 12.4. The average molecular weight is 377 g/mol. The predicted octanol–water partition coefficient (Wildman–Crippen LogP) is 0.527. The highest BCUT2D eigenvalue weighted by molar-refractivity contribution is 7.91. The van der Waals surface area contributed by atoms with Crippen LogP contribution in [0.3, 0.4) is 0 Å². The number of nitrogens with one attached hydrogen (secondary N) is 2. The van der Waals surface area contributed by atoms with Crippen LogP contribution in [-0.4, -0.2) is 54.9 Å². The Bertz CT molecular complexity index is 752. The molecule has 1 aromatic rings. The van der Waals surface area contributed by atoms with E-state index in [4.69, 9.17) is 4.74 Å². The molecule has 1 aliphatic heterocycles. The van der Waals surface area contributed by atoms with Gasteiger partial charge in [-0.15, -0.1) is 0 Å². The quantitative estimate of drug-likeness (QED) is 0.686. The van der Waals surface area contributed by atoms with E-state index < -0.39 is 25.4 Å². The Morgan fingerprint density at radius 3 is 2.29 bits per heavy atom. The van der Waals surface area contributed by atoms with Gasteiger partial charge < -0.3 is 10.1 Å². The van der Waals surface area contributed by atoms with Crippen molar-refractivity contribution in [1.82, 2.24) is 10.0 Å². The summed E-state index contributed by atoms with van der Waals surface area (Å²) in [4.78, 5) is 0.167. The molecule has 136 valence electrons. The first-order valence-corrected chi connectivity index (χ1v) is 10.9. The van der Waals surface area contributed by atoms with Crippen LogP contribution in [0.2, 0.25) is 0 Å². The van der Waals surface area contributed by atoms with Gasteiger partial charge in [-0.25, -0.2) is 21.6 Å². The van der Waals surface area contributed by atoms with Crippen LogP contribution in [0, 0.1) is 0 Å². The molecule has 0 bridgehead atoms. The molecule has 7 nitrogen and oxygen atoms in total. The Kier molecular flexibility index (Phi) is 6.03. The summed E-state index contributed by atoms with van der Waals surface area (Å²) in [6.45, 7) is 3.02. The van der Waals surface area contributed by atoms with Crippen molar-refractivity contribution < 1.29 is 21.6 Å². The summed E-state index contributed by atoms with van der Waals surface area (Å²) >= 11 is 0. The molecule has 9 heteroatoms. The smallest absolute Gasteiger partial charge is 0.240 e. The number of sulfonamides is 1. The van der Waals surface area contributed by atoms with Crippen molar-refractivity contribution in [3.8, 4) is 0 Å². The van der Waals surface area contributed by atoms with Crippen molar-refractivity contribution in [3.05, 3.63) is 24.3 Å². The van der Waals surface area contributed by atoms with E-state index >= 15 is 0 Å². The van der Waals surface area contributed by atoms with Gasteiger partial charge >= 0.3 is 0 Å². The maximum Gasteiger partial charge on any atom is 0.240 e. The van der Waals surface area contributed by atoms with E-state index in [1.807, 2.05) is 0 Å². The van der Waals surface area contributed by atoms with Crippen LogP contribution in [0.5, 0.6) is 0 Å². The lowest BCUT2D eigenvalue weighted by molar-refractivity contribution is 0.122. The first kappa shape index (κ1) is 19.3. The molecule has 1 saturated heterocycles. The van der Waals surface area contributed by atoms with Crippen LogP contribution in [-0.2, 0) is 24.6 Å². The Morgan fingerprint density at radius 1 is 1.17 bits per heavy atom. The lowest BCUT2D eigenvalue weighted by Crippen LogP contribution is -2.52. The van der Waals surface area contributed by atoms with Gasteiger partial charge in [0, 0.05) is 13.7 Å². The summed E-state index contributed by atoms with van der Waals surface area (Å²) in [5.41, 5.74) is -0.396. The van der Waals surface area contributed by atoms with Crippen molar-refractivity contribution >= 4 is 19.9 Å². The second kappa shape index (κ2) is 7.49. The average Bonchev–Trinajstić information content (AvgIpc) is 3.03. The maximum absolute atomic E-state index is 12.4.